The Labute approximate surface area is 165 Å². The normalized spacial score (nSPS) is 27.0. The molecule has 3 aliphatic rings. The topological polar surface area (TPSA) is 75.0 Å². The average Bonchev–Trinajstić information content (AvgIpc) is 3.37. The number of fused-ring (bicyclic) bond motifs is 2. The second kappa shape index (κ2) is 6.24. The van der Waals surface area contributed by atoms with Crippen molar-refractivity contribution >= 4 is 22.6 Å². The summed E-state index contributed by atoms with van der Waals surface area (Å²) < 4.78 is 32.4. The number of carbonyl (C=O) groups is 1. The second-order valence-corrected chi connectivity index (χ2v) is 8.22. The largest absolute Gasteiger partial charge is 0.477 e. The van der Waals surface area contributed by atoms with Crippen molar-refractivity contribution in [1.29, 1.82) is 0 Å². The smallest absolute Gasteiger partial charge is 0.341 e. The molecule has 3 heterocycles. The highest BCUT2D eigenvalue weighted by molar-refractivity contribution is 5.94. The molecule has 3 fully saturated rings. The molecule has 3 atom stereocenters. The minimum atomic E-state index is -1.40. The van der Waals surface area contributed by atoms with Crippen LogP contribution in [0, 0.1) is 17.6 Å². The maximum Gasteiger partial charge on any atom is 0.341 e. The van der Waals surface area contributed by atoms with Crippen LogP contribution < -0.4 is 10.3 Å². The number of nitrogens with zero attached hydrogens (tertiary/aromatic N) is 3. The first kappa shape index (κ1) is 18.5. The van der Waals surface area contributed by atoms with Crippen LogP contribution >= 0.6 is 0 Å². The van der Waals surface area contributed by atoms with Crippen molar-refractivity contribution < 1.29 is 23.5 Å². The van der Waals surface area contributed by atoms with E-state index in [0.29, 0.717) is 13.2 Å². The molecule has 1 N–H and O–H groups in total. The van der Waals surface area contributed by atoms with Gasteiger partial charge in [0.1, 0.15) is 17.1 Å². The van der Waals surface area contributed by atoms with Gasteiger partial charge >= 0.3 is 5.97 Å². The summed E-state index contributed by atoms with van der Waals surface area (Å²) in [5.41, 5.74) is -1.52. The number of anilines is 1. The van der Waals surface area contributed by atoms with E-state index < -0.39 is 28.6 Å². The molecule has 2 saturated heterocycles. The molecule has 29 heavy (non-hydrogen) atoms. The van der Waals surface area contributed by atoms with Crippen molar-refractivity contribution in [3.63, 3.8) is 0 Å². The molecular formula is C20H21F2N3O4. The number of hydrogen-bond donors (Lipinski definition) is 1. The van der Waals surface area contributed by atoms with Crippen LogP contribution in [-0.4, -0.2) is 53.0 Å². The Morgan fingerprint density at radius 1 is 1.31 bits per heavy atom. The van der Waals surface area contributed by atoms with E-state index in [4.69, 9.17) is 4.84 Å². The van der Waals surface area contributed by atoms with Gasteiger partial charge < -0.3 is 14.6 Å². The van der Waals surface area contributed by atoms with Crippen LogP contribution in [0.4, 0.5) is 14.5 Å². The Morgan fingerprint density at radius 2 is 2.03 bits per heavy atom. The van der Waals surface area contributed by atoms with Crippen molar-refractivity contribution in [2.75, 3.05) is 25.1 Å². The molecular weight excluding hydrogens is 384 g/mol. The van der Waals surface area contributed by atoms with E-state index in [0.717, 1.165) is 18.9 Å². The Bertz CT molecular complexity index is 1100. The van der Waals surface area contributed by atoms with Crippen LogP contribution in [0.15, 0.2) is 17.1 Å². The summed E-state index contributed by atoms with van der Waals surface area (Å²) in [5, 5.41) is 10.9. The van der Waals surface area contributed by atoms with Gasteiger partial charge in [0.2, 0.25) is 5.43 Å². The maximum atomic E-state index is 15.8. The molecule has 0 radical (unpaired) electrons. The number of aromatic nitrogens is 1. The minimum absolute atomic E-state index is 0.0181. The molecule has 0 spiro atoms. The summed E-state index contributed by atoms with van der Waals surface area (Å²) in [6, 6.07) is 0.736. The summed E-state index contributed by atoms with van der Waals surface area (Å²) in [5.74, 6) is -2.94. The zero-order valence-corrected chi connectivity index (χ0v) is 16.1. The number of hydrogen-bond acceptors (Lipinski definition) is 5. The highest BCUT2D eigenvalue weighted by Crippen LogP contribution is 2.42. The van der Waals surface area contributed by atoms with E-state index in [1.165, 1.54) is 10.8 Å². The van der Waals surface area contributed by atoms with Crippen LogP contribution in [-0.2, 0) is 4.84 Å². The molecule has 2 aliphatic heterocycles. The van der Waals surface area contributed by atoms with E-state index in [1.807, 2.05) is 14.0 Å². The van der Waals surface area contributed by atoms with Crippen molar-refractivity contribution in [3.8, 4) is 0 Å². The van der Waals surface area contributed by atoms with Gasteiger partial charge in [0.15, 0.2) is 5.82 Å². The monoisotopic (exact) mass is 405 g/mol. The van der Waals surface area contributed by atoms with Gasteiger partial charge in [-0.15, -0.1) is 0 Å². The molecule has 0 bridgehead atoms. The molecule has 1 saturated carbocycles. The third kappa shape index (κ3) is 2.60. The Balaban J connectivity index is 1.73. The van der Waals surface area contributed by atoms with E-state index in [9.17, 15) is 14.7 Å². The number of halogens is 2. The van der Waals surface area contributed by atoms with Crippen molar-refractivity contribution in [1.82, 2.24) is 9.63 Å². The number of carboxylic acid groups (broad SMARTS) is 1. The van der Waals surface area contributed by atoms with Gasteiger partial charge in [-0.25, -0.2) is 13.6 Å². The van der Waals surface area contributed by atoms with Crippen LogP contribution in [0.3, 0.4) is 0 Å². The number of aromatic carboxylic acids is 1. The number of benzene rings is 1. The molecule has 7 nitrogen and oxygen atoms in total. The van der Waals surface area contributed by atoms with Crippen molar-refractivity contribution in [2.45, 2.75) is 37.9 Å². The zero-order valence-electron chi connectivity index (χ0n) is 16.1. The minimum Gasteiger partial charge on any atom is -0.477 e. The van der Waals surface area contributed by atoms with Crippen LogP contribution in [0.25, 0.3) is 10.9 Å². The predicted molar refractivity (Wildman–Crippen MR) is 101 cm³/mol. The Morgan fingerprint density at radius 3 is 2.66 bits per heavy atom. The molecule has 5 rings (SSSR count). The number of rotatable bonds is 3. The summed E-state index contributed by atoms with van der Waals surface area (Å²) >= 11 is 0. The van der Waals surface area contributed by atoms with Gasteiger partial charge in [0.05, 0.1) is 23.6 Å². The number of hydroxylamine groups is 2. The lowest BCUT2D eigenvalue weighted by Gasteiger charge is -2.30. The van der Waals surface area contributed by atoms with Gasteiger partial charge in [0.25, 0.3) is 0 Å². The number of carboxylic acids is 1. The summed E-state index contributed by atoms with van der Waals surface area (Å²) in [6.07, 6.45) is 2.71. The SMILES string of the molecule is CC1C2C(CON2C)CN1c1c(F)cc2c(=O)c(C(=O)O)cn(C3CC3)c2c1F. The quantitative estimate of drug-likeness (QED) is 0.845. The standard InChI is InChI=1S/C20H21F2N3O4/c1-9-16-10(8-29-23(16)2)6-24(9)18-14(21)5-12-17(15(18)22)25(11-3-4-11)7-13(19(12)26)20(27)28/h5,7,9-11,16H,3-4,6,8H2,1-2H3,(H,27,28). The second-order valence-electron chi connectivity index (χ2n) is 8.22. The van der Waals surface area contributed by atoms with Crippen LogP contribution in [0.2, 0.25) is 0 Å². The lowest BCUT2D eigenvalue weighted by atomic mass is 10.0. The molecule has 2 aromatic rings. The lowest BCUT2D eigenvalue weighted by Crippen LogP contribution is -2.40. The first-order chi connectivity index (χ1) is 13.8. The number of likely N-dealkylation sites (N-methyl/N-ethyl adjacent to an activating group) is 1. The summed E-state index contributed by atoms with van der Waals surface area (Å²) in [6.45, 7) is 2.84. The van der Waals surface area contributed by atoms with Gasteiger partial charge in [-0.1, -0.05) is 0 Å². The predicted octanol–water partition coefficient (Wildman–Crippen LogP) is 2.38. The fourth-order valence-corrected chi connectivity index (χ4v) is 4.94. The molecule has 1 aromatic heterocycles. The number of pyridine rings is 1. The third-order valence-electron chi connectivity index (χ3n) is 6.45. The molecule has 154 valence electrons. The highest BCUT2D eigenvalue weighted by atomic mass is 19.1. The molecule has 9 heteroatoms. The van der Waals surface area contributed by atoms with Crippen LogP contribution in [0.5, 0.6) is 0 Å². The van der Waals surface area contributed by atoms with Crippen molar-refractivity contribution in [2.24, 2.45) is 5.92 Å². The Kier molecular flexibility index (Phi) is 3.98. The summed E-state index contributed by atoms with van der Waals surface area (Å²) in [4.78, 5) is 31.3. The van der Waals surface area contributed by atoms with E-state index in [-0.39, 0.29) is 40.6 Å². The average molecular weight is 405 g/mol. The molecule has 3 unspecified atom stereocenters. The van der Waals surface area contributed by atoms with Gasteiger partial charge in [-0.3, -0.25) is 9.63 Å². The zero-order chi connectivity index (χ0) is 20.6. The van der Waals surface area contributed by atoms with E-state index >= 15 is 8.78 Å². The van der Waals surface area contributed by atoms with Gasteiger partial charge in [-0.05, 0) is 25.8 Å². The van der Waals surface area contributed by atoms with Crippen molar-refractivity contribution in [3.05, 3.63) is 39.7 Å². The van der Waals surface area contributed by atoms with Gasteiger partial charge in [0, 0.05) is 37.8 Å². The van der Waals surface area contributed by atoms with Gasteiger partial charge in [-0.2, -0.15) is 5.06 Å². The Hall–Kier alpha value is -2.52. The maximum absolute atomic E-state index is 15.8. The third-order valence-corrected chi connectivity index (χ3v) is 6.45. The highest BCUT2D eigenvalue weighted by Gasteiger charge is 2.47. The molecule has 0 amide bonds. The fraction of sp³-hybridized carbons (Fsp3) is 0.500. The molecule has 1 aliphatic carbocycles. The summed E-state index contributed by atoms with van der Waals surface area (Å²) in [7, 11) is 1.82. The van der Waals surface area contributed by atoms with E-state index in [2.05, 4.69) is 0 Å². The van der Waals surface area contributed by atoms with E-state index in [1.54, 1.807) is 9.96 Å². The molecule has 1 aromatic carbocycles. The first-order valence-electron chi connectivity index (χ1n) is 9.72. The fourth-order valence-electron chi connectivity index (χ4n) is 4.94. The lowest BCUT2D eigenvalue weighted by molar-refractivity contribution is -0.112. The van der Waals surface area contributed by atoms with Crippen LogP contribution in [0.1, 0.15) is 36.2 Å². The first-order valence-corrected chi connectivity index (χ1v) is 9.72.